The molecule has 20 heavy (non-hydrogen) atoms. The largest absolute Gasteiger partial charge is 0.480 e. The molecule has 1 saturated heterocycles. The van der Waals surface area contributed by atoms with E-state index in [1.807, 2.05) is 0 Å². The third kappa shape index (κ3) is 1.97. The average molecular weight is 277 g/mol. The molecule has 0 spiro atoms. The summed E-state index contributed by atoms with van der Waals surface area (Å²) in [6.45, 7) is 0.499. The highest BCUT2D eigenvalue weighted by Gasteiger charge is 2.55. The standard InChI is InChI=1S/C15H16FNO3/c16-11-5-3-10(4-6-11)15(7-8-15)14(20)17-9-1-2-12(17)13(18)19/h3-6,12H,1-2,7-9H2,(H,18,19)/t12-/m1/s1. The van der Waals surface area contributed by atoms with Gasteiger partial charge in [0.25, 0.3) is 0 Å². The lowest BCUT2D eigenvalue weighted by atomic mass is 9.94. The van der Waals surface area contributed by atoms with Crippen molar-refractivity contribution in [3.63, 3.8) is 0 Å². The second-order valence-electron chi connectivity index (χ2n) is 5.58. The van der Waals surface area contributed by atoms with Gasteiger partial charge in [-0.3, -0.25) is 4.79 Å². The van der Waals surface area contributed by atoms with Crippen LogP contribution in [0.1, 0.15) is 31.2 Å². The van der Waals surface area contributed by atoms with Crippen LogP contribution >= 0.6 is 0 Å². The number of carbonyl (C=O) groups is 2. The Bertz CT molecular complexity index is 551. The first-order chi connectivity index (χ1) is 9.54. The smallest absolute Gasteiger partial charge is 0.326 e. The zero-order valence-electron chi connectivity index (χ0n) is 11.0. The van der Waals surface area contributed by atoms with Gasteiger partial charge in [0.2, 0.25) is 5.91 Å². The highest BCUT2D eigenvalue weighted by Crippen LogP contribution is 2.50. The number of likely N-dealkylation sites (tertiary alicyclic amines) is 1. The molecule has 1 aliphatic carbocycles. The molecule has 1 aliphatic heterocycles. The molecule has 1 heterocycles. The van der Waals surface area contributed by atoms with E-state index < -0.39 is 17.4 Å². The third-order valence-corrected chi connectivity index (χ3v) is 4.35. The van der Waals surface area contributed by atoms with Crippen molar-refractivity contribution in [1.82, 2.24) is 4.90 Å². The summed E-state index contributed by atoms with van der Waals surface area (Å²) < 4.78 is 13.0. The summed E-state index contributed by atoms with van der Waals surface area (Å²) in [4.78, 5) is 25.4. The van der Waals surface area contributed by atoms with Crippen molar-refractivity contribution in [2.45, 2.75) is 37.1 Å². The van der Waals surface area contributed by atoms with Gasteiger partial charge in [0.15, 0.2) is 0 Å². The zero-order valence-corrected chi connectivity index (χ0v) is 11.0. The summed E-state index contributed by atoms with van der Waals surface area (Å²) in [5.74, 6) is -1.39. The number of rotatable bonds is 3. The van der Waals surface area contributed by atoms with E-state index in [1.165, 1.54) is 17.0 Å². The number of hydrogen-bond acceptors (Lipinski definition) is 2. The second kappa shape index (κ2) is 4.58. The van der Waals surface area contributed by atoms with E-state index in [-0.39, 0.29) is 11.7 Å². The Balaban J connectivity index is 1.86. The Labute approximate surface area is 116 Å². The normalized spacial score (nSPS) is 23.6. The van der Waals surface area contributed by atoms with E-state index >= 15 is 0 Å². The van der Waals surface area contributed by atoms with Gasteiger partial charge < -0.3 is 10.0 Å². The van der Waals surface area contributed by atoms with Crippen molar-refractivity contribution < 1.29 is 19.1 Å². The molecule has 0 radical (unpaired) electrons. The predicted octanol–water partition coefficient (Wildman–Crippen LogP) is 1.93. The summed E-state index contributed by atoms with van der Waals surface area (Å²) in [6, 6.07) is 5.25. The first-order valence-corrected chi connectivity index (χ1v) is 6.84. The minimum absolute atomic E-state index is 0.117. The van der Waals surface area contributed by atoms with Gasteiger partial charge in [0.05, 0.1) is 5.41 Å². The van der Waals surface area contributed by atoms with Crippen molar-refractivity contribution in [2.75, 3.05) is 6.54 Å². The molecule has 1 N–H and O–H groups in total. The highest BCUT2D eigenvalue weighted by molar-refractivity contribution is 5.94. The van der Waals surface area contributed by atoms with Gasteiger partial charge in [-0.2, -0.15) is 0 Å². The van der Waals surface area contributed by atoms with Crippen molar-refractivity contribution in [2.24, 2.45) is 0 Å². The SMILES string of the molecule is O=C(O)[C@H]1CCCN1C(=O)C1(c2ccc(F)cc2)CC1. The van der Waals surface area contributed by atoms with E-state index in [1.54, 1.807) is 12.1 Å². The Morgan fingerprint density at radius 1 is 1.25 bits per heavy atom. The molecule has 1 saturated carbocycles. The minimum atomic E-state index is -0.939. The molecule has 0 bridgehead atoms. The summed E-state index contributed by atoms with van der Waals surface area (Å²) in [6.07, 6.45) is 2.66. The van der Waals surface area contributed by atoms with Crippen LogP contribution in [0.15, 0.2) is 24.3 Å². The molecule has 1 aromatic carbocycles. The molecule has 0 aromatic heterocycles. The number of amides is 1. The fourth-order valence-corrected chi connectivity index (χ4v) is 3.06. The molecule has 1 aromatic rings. The van der Waals surface area contributed by atoms with Crippen molar-refractivity contribution in [3.8, 4) is 0 Å². The van der Waals surface area contributed by atoms with Crippen LogP contribution in [0.3, 0.4) is 0 Å². The molecule has 3 rings (SSSR count). The number of carbonyl (C=O) groups excluding carboxylic acids is 1. The fourth-order valence-electron chi connectivity index (χ4n) is 3.06. The Kier molecular flexibility index (Phi) is 3.00. The molecule has 1 atom stereocenters. The first-order valence-electron chi connectivity index (χ1n) is 6.84. The maximum Gasteiger partial charge on any atom is 0.326 e. The molecular formula is C15H16FNO3. The van der Waals surface area contributed by atoms with Crippen molar-refractivity contribution >= 4 is 11.9 Å². The molecule has 0 unspecified atom stereocenters. The summed E-state index contributed by atoms with van der Waals surface area (Å²) >= 11 is 0. The van der Waals surface area contributed by atoms with Gasteiger partial charge in [-0.05, 0) is 43.4 Å². The van der Waals surface area contributed by atoms with Gasteiger partial charge in [-0.1, -0.05) is 12.1 Å². The molecule has 1 amide bonds. The highest BCUT2D eigenvalue weighted by atomic mass is 19.1. The number of benzene rings is 1. The third-order valence-electron chi connectivity index (χ3n) is 4.35. The quantitative estimate of drug-likeness (QED) is 0.918. The second-order valence-corrected chi connectivity index (χ2v) is 5.58. The van der Waals surface area contributed by atoms with Crippen LogP contribution in [0.2, 0.25) is 0 Å². The van der Waals surface area contributed by atoms with E-state index in [4.69, 9.17) is 0 Å². The zero-order chi connectivity index (χ0) is 14.3. The van der Waals surface area contributed by atoms with Crippen LogP contribution in [-0.4, -0.2) is 34.5 Å². The monoisotopic (exact) mass is 277 g/mol. The lowest BCUT2D eigenvalue weighted by Crippen LogP contribution is -2.45. The Hall–Kier alpha value is -1.91. The molecule has 2 aliphatic rings. The molecule has 106 valence electrons. The fraction of sp³-hybridized carbons (Fsp3) is 0.467. The number of nitrogens with zero attached hydrogens (tertiary/aromatic N) is 1. The minimum Gasteiger partial charge on any atom is -0.480 e. The number of aliphatic carboxylic acids is 1. The predicted molar refractivity (Wildman–Crippen MR) is 69.7 cm³/mol. The van der Waals surface area contributed by atoms with E-state index in [9.17, 15) is 19.1 Å². The van der Waals surface area contributed by atoms with Crippen LogP contribution in [0.25, 0.3) is 0 Å². The van der Waals surface area contributed by atoms with Gasteiger partial charge in [-0.15, -0.1) is 0 Å². The lowest BCUT2D eigenvalue weighted by molar-refractivity contribution is -0.149. The summed E-state index contributed by atoms with van der Waals surface area (Å²) in [5.41, 5.74) is 0.172. The van der Waals surface area contributed by atoms with E-state index in [0.717, 1.165) is 12.0 Å². The number of halogens is 1. The molecule has 4 nitrogen and oxygen atoms in total. The molecule has 2 fully saturated rings. The average Bonchev–Trinajstić information content (AvgIpc) is 3.08. The summed E-state index contributed by atoms with van der Waals surface area (Å²) in [7, 11) is 0. The van der Waals surface area contributed by atoms with Crippen LogP contribution in [0, 0.1) is 5.82 Å². The first kappa shape index (κ1) is 13.1. The van der Waals surface area contributed by atoms with Gasteiger partial charge in [0, 0.05) is 6.54 Å². The van der Waals surface area contributed by atoms with Gasteiger partial charge in [-0.25, -0.2) is 9.18 Å². The number of carboxylic acid groups (broad SMARTS) is 1. The molecule has 5 heteroatoms. The van der Waals surface area contributed by atoms with Crippen LogP contribution in [-0.2, 0) is 15.0 Å². The van der Waals surface area contributed by atoms with Crippen LogP contribution < -0.4 is 0 Å². The number of carboxylic acids is 1. The van der Waals surface area contributed by atoms with Crippen LogP contribution in [0.5, 0.6) is 0 Å². The van der Waals surface area contributed by atoms with Crippen molar-refractivity contribution in [3.05, 3.63) is 35.6 Å². The van der Waals surface area contributed by atoms with E-state index in [2.05, 4.69) is 0 Å². The van der Waals surface area contributed by atoms with E-state index in [0.29, 0.717) is 25.8 Å². The number of hydrogen-bond donors (Lipinski definition) is 1. The van der Waals surface area contributed by atoms with Gasteiger partial charge in [0.1, 0.15) is 11.9 Å². The maximum absolute atomic E-state index is 13.0. The Morgan fingerprint density at radius 3 is 2.45 bits per heavy atom. The topological polar surface area (TPSA) is 57.6 Å². The van der Waals surface area contributed by atoms with Crippen LogP contribution in [0.4, 0.5) is 4.39 Å². The van der Waals surface area contributed by atoms with Gasteiger partial charge >= 0.3 is 5.97 Å². The maximum atomic E-state index is 13.0. The molecular weight excluding hydrogens is 261 g/mol. The summed E-state index contributed by atoms with van der Waals surface area (Å²) in [5, 5.41) is 9.18. The lowest BCUT2D eigenvalue weighted by Gasteiger charge is -2.27. The Morgan fingerprint density at radius 2 is 1.90 bits per heavy atom. The van der Waals surface area contributed by atoms with Crippen molar-refractivity contribution in [1.29, 1.82) is 0 Å².